The number of aromatic nitrogens is 5. The first-order valence-electron chi connectivity index (χ1n) is 12.4. The largest absolute Gasteiger partial charge is 0.617 e. The molecule has 3 aromatic heterocycles. The van der Waals surface area contributed by atoms with Crippen molar-refractivity contribution in [2.24, 2.45) is 5.92 Å². The Morgan fingerprint density at radius 2 is 1.97 bits per heavy atom. The van der Waals surface area contributed by atoms with Gasteiger partial charge in [-0.15, -0.1) is 5.92 Å². The van der Waals surface area contributed by atoms with E-state index in [-0.39, 0.29) is 0 Å². The maximum absolute atomic E-state index is 11.6. The normalized spacial score (nSPS) is 14.4. The number of fused-ring (bicyclic) bond motifs is 1. The minimum atomic E-state index is -0.757. The molecular weight excluding hydrogens is 482 g/mol. The zero-order chi connectivity index (χ0) is 25.9. The zero-order valence-corrected chi connectivity index (χ0v) is 22.4. The van der Waals surface area contributed by atoms with E-state index in [1.807, 2.05) is 25.4 Å². The van der Waals surface area contributed by atoms with E-state index in [9.17, 15) is 4.55 Å². The molecular formula is C28H31N7OS. The van der Waals surface area contributed by atoms with Crippen LogP contribution in [0.4, 0.5) is 17.3 Å². The van der Waals surface area contributed by atoms with Crippen molar-refractivity contribution in [1.82, 2.24) is 24.7 Å². The fourth-order valence-corrected chi connectivity index (χ4v) is 5.60. The Balaban J connectivity index is 1.40. The lowest BCUT2D eigenvalue weighted by molar-refractivity contribution is 0.445. The van der Waals surface area contributed by atoms with Gasteiger partial charge in [-0.25, -0.2) is 15.0 Å². The quantitative estimate of drug-likeness (QED) is 0.272. The first-order chi connectivity index (χ1) is 17.9. The molecule has 1 N–H and O–H groups in total. The third-order valence-electron chi connectivity index (χ3n) is 6.52. The van der Waals surface area contributed by atoms with Crippen LogP contribution in [0.3, 0.4) is 0 Å². The van der Waals surface area contributed by atoms with Crippen LogP contribution in [-0.4, -0.2) is 54.4 Å². The van der Waals surface area contributed by atoms with Crippen LogP contribution in [-0.2, 0) is 17.7 Å². The lowest BCUT2D eigenvalue weighted by atomic mass is 9.93. The van der Waals surface area contributed by atoms with E-state index >= 15 is 0 Å². The summed E-state index contributed by atoms with van der Waals surface area (Å²) in [5.74, 6) is 9.48. The molecule has 1 saturated heterocycles. The van der Waals surface area contributed by atoms with Gasteiger partial charge in [-0.05, 0) is 42.0 Å². The molecule has 0 saturated carbocycles. The molecule has 5 rings (SSSR count). The van der Waals surface area contributed by atoms with Crippen molar-refractivity contribution >= 4 is 39.3 Å². The molecule has 8 nitrogen and oxygen atoms in total. The molecule has 0 aliphatic carbocycles. The molecule has 37 heavy (non-hydrogen) atoms. The molecule has 0 bridgehead atoms. The van der Waals surface area contributed by atoms with Gasteiger partial charge >= 0.3 is 0 Å². The van der Waals surface area contributed by atoms with Crippen molar-refractivity contribution in [2.75, 3.05) is 35.3 Å². The van der Waals surface area contributed by atoms with Crippen LogP contribution >= 0.6 is 0 Å². The second-order valence-corrected chi connectivity index (χ2v) is 11.2. The van der Waals surface area contributed by atoms with Crippen LogP contribution in [0, 0.1) is 17.8 Å². The van der Waals surface area contributed by atoms with Gasteiger partial charge in [0.05, 0.1) is 18.0 Å². The number of pyridine rings is 1. The second kappa shape index (κ2) is 10.8. The Kier molecular flexibility index (Phi) is 7.31. The van der Waals surface area contributed by atoms with Crippen molar-refractivity contribution in [1.29, 1.82) is 0 Å². The maximum atomic E-state index is 11.6. The van der Waals surface area contributed by atoms with Crippen molar-refractivity contribution in [3.8, 4) is 23.2 Å². The molecule has 0 radical (unpaired) electrons. The van der Waals surface area contributed by atoms with Gasteiger partial charge < -0.3 is 14.8 Å². The monoisotopic (exact) mass is 513 g/mol. The molecule has 1 aliphatic rings. The Labute approximate surface area is 220 Å². The van der Waals surface area contributed by atoms with Gasteiger partial charge in [-0.1, -0.05) is 37.0 Å². The predicted molar refractivity (Wildman–Crippen MR) is 150 cm³/mol. The van der Waals surface area contributed by atoms with Gasteiger partial charge in [0.2, 0.25) is 0 Å². The van der Waals surface area contributed by atoms with Crippen LogP contribution < -0.4 is 10.2 Å². The summed E-state index contributed by atoms with van der Waals surface area (Å²) in [6.45, 7) is 8.63. The van der Waals surface area contributed by atoms with E-state index in [1.54, 1.807) is 23.3 Å². The number of anilines is 3. The van der Waals surface area contributed by atoms with Crippen molar-refractivity contribution in [2.45, 2.75) is 33.2 Å². The molecule has 1 fully saturated rings. The maximum Gasteiger partial charge on any atom is 0.164 e. The molecule has 0 spiro atoms. The fraction of sp³-hybridized carbons (Fsp3) is 0.357. The number of nitrogens with one attached hydrogen (secondary N) is 1. The number of hydrogen-bond donors (Lipinski definition) is 1. The van der Waals surface area contributed by atoms with Crippen LogP contribution in [0.5, 0.6) is 0 Å². The summed E-state index contributed by atoms with van der Waals surface area (Å²) >= 11 is -0.757. The summed E-state index contributed by atoms with van der Waals surface area (Å²) in [6.07, 6.45) is 9.11. The van der Waals surface area contributed by atoms with Gasteiger partial charge in [0.25, 0.3) is 0 Å². The van der Waals surface area contributed by atoms with Gasteiger partial charge in [-0.2, -0.15) is 5.10 Å². The molecule has 1 unspecified atom stereocenters. The average molecular weight is 514 g/mol. The molecule has 1 aliphatic heterocycles. The lowest BCUT2D eigenvalue weighted by Crippen LogP contribution is -2.49. The Morgan fingerprint density at radius 1 is 1.14 bits per heavy atom. The van der Waals surface area contributed by atoms with Crippen molar-refractivity contribution in [3.63, 3.8) is 0 Å². The molecule has 1 aromatic carbocycles. The van der Waals surface area contributed by atoms with E-state index in [2.05, 4.69) is 69.2 Å². The SMILES string of the molecule is CC#CCn1cc(-c2nccc(Nc3cc4c(C(C)C)ccc(N5CC(C[S+](C)[O-])C5)c4cn3)n2)cn1. The van der Waals surface area contributed by atoms with Gasteiger partial charge in [-0.3, -0.25) is 4.68 Å². The number of benzene rings is 1. The van der Waals surface area contributed by atoms with Crippen LogP contribution in [0.25, 0.3) is 22.2 Å². The summed E-state index contributed by atoms with van der Waals surface area (Å²) in [5, 5.41) is 10.0. The van der Waals surface area contributed by atoms with Crippen LogP contribution in [0.15, 0.2) is 49.1 Å². The highest BCUT2D eigenvalue weighted by atomic mass is 32.2. The molecule has 1 atom stereocenters. The minimum Gasteiger partial charge on any atom is -0.617 e. The predicted octanol–water partition coefficient (Wildman–Crippen LogP) is 4.59. The highest BCUT2D eigenvalue weighted by Crippen LogP contribution is 2.37. The highest BCUT2D eigenvalue weighted by Gasteiger charge is 2.31. The van der Waals surface area contributed by atoms with E-state index in [0.717, 1.165) is 35.6 Å². The van der Waals surface area contributed by atoms with Crippen LogP contribution in [0.2, 0.25) is 0 Å². The standard InChI is InChI=1S/C28H31N7OS/c1-5-6-11-35-17-21(13-31-35)28-29-10-9-26(33-28)32-27-12-23-22(19(2)3)7-8-25(24(23)14-30-27)34-15-20(16-34)18-37(4)36/h7-10,12-14,17,19-20H,11,15-16,18H2,1-4H3,(H,29,30,32,33). The van der Waals surface area contributed by atoms with Crippen LogP contribution in [0.1, 0.15) is 32.3 Å². The van der Waals surface area contributed by atoms with E-state index < -0.39 is 11.2 Å². The molecule has 4 aromatic rings. The third kappa shape index (κ3) is 5.55. The minimum absolute atomic E-state index is 0.373. The van der Waals surface area contributed by atoms with E-state index in [4.69, 9.17) is 4.98 Å². The smallest absolute Gasteiger partial charge is 0.164 e. The first kappa shape index (κ1) is 25.1. The Hall–Kier alpha value is -3.61. The topological polar surface area (TPSA) is 94.8 Å². The first-order valence-corrected chi connectivity index (χ1v) is 14.1. The van der Waals surface area contributed by atoms with Gasteiger partial charge in [0, 0.05) is 48.7 Å². The summed E-state index contributed by atoms with van der Waals surface area (Å²) in [5.41, 5.74) is 3.30. The molecule has 9 heteroatoms. The lowest BCUT2D eigenvalue weighted by Gasteiger charge is -2.41. The summed E-state index contributed by atoms with van der Waals surface area (Å²) in [7, 11) is 0. The number of nitrogens with zero attached hydrogens (tertiary/aromatic N) is 6. The zero-order valence-electron chi connectivity index (χ0n) is 21.6. The summed E-state index contributed by atoms with van der Waals surface area (Å²) in [6, 6.07) is 8.37. The summed E-state index contributed by atoms with van der Waals surface area (Å²) < 4.78 is 13.4. The second-order valence-electron chi connectivity index (χ2n) is 9.70. The molecule has 0 amide bonds. The highest BCUT2D eigenvalue weighted by molar-refractivity contribution is 7.90. The summed E-state index contributed by atoms with van der Waals surface area (Å²) in [4.78, 5) is 16.2. The van der Waals surface area contributed by atoms with Crippen molar-refractivity contribution < 1.29 is 4.55 Å². The van der Waals surface area contributed by atoms with Gasteiger partial charge in [0.1, 0.15) is 23.9 Å². The van der Waals surface area contributed by atoms with Gasteiger partial charge in [0.15, 0.2) is 5.82 Å². The molecule has 4 heterocycles. The fourth-order valence-electron chi connectivity index (χ4n) is 4.72. The number of hydrogen-bond acceptors (Lipinski definition) is 7. The van der Waals surface area contributed by atoms with Crippen molar-refractivity contribution in [3.05, 3.63) is 54.6 Å². The van der Waals surface area contributed by atoms with E-state index in [1.165, 1.54) is 16.6 Å². The average Bonchev–Trinajstić information content (AvgIpc) is 3.33. The Morgan fingerprint density at radius 3 is 2.73 bits per heavy atom. The third-order valence-corrected chi connectivity index (χ3v) is 7.46. The number of rotatable bonds is 8. The molecule has 190 valence electrons. The Bertz CT molecular complexity index is 1460. The van der Waals surface area contributed by atoms with E-state index in [0.29, 0.717) is 30.0 Å².